The largest absolute Gasteiger partial charge is 0.478 e. The fraction of sp³-hybridized carbons (Fsp3) is 0.462. The Morgan fingerprint density at radius 2 is 2.00 bits per heavy atom. The highest BCUT2D eigenvalue weighted by Crippen LogP contribution is 2.31. The molecule has 0 aliphatic heterocycles. The lowest BCUT2D eigenvalue weighted by Gasteiger charge is -2.13. The number of carboxylic acid groups (broad SMARTS) is 1. The van der Waals surface area contributed by atoms with Gasteiger partial charge in [0.05, 0.1) is 30.9 Å². The average Bonchev–Trinajstić information content (AvgIpc) is 2.41. The molecule has 1 aromatic carbocycles. The van der Waals surface area contributed by atoms with Crippen molar-refractivity contribution < 1.29 is 32.5 Å². The highest BCUT2D eigenvalue weighted by atomic mass is 19.4. The first-order chi connectivity index (χ1) is 9.86. The lowest BCUT2D eigenvalue weighted by atomic mass is 10.1. The summed E-state index contributed by atoms with van der Waals surface area (Å²) >= 11 is 0. The van der Waals surface area contributed by atoms with E-state index in [4.69, 9.17) is 14.6 Å². The van der Waals surface area contributed by atoms with Crippen molar-refractivity contribution in [2.45, 2.75) is 6.18 Å². The van der Waals surface area contributed by atoms with E-state index in [1.807, 2.05) is 0 Å². The molecule has 0 saturated carbocycles. The maximum Gasteiger partial charge on any atom is 0.416 e. The van der Waals surface area contributed by atoms with E-state index >= 15 is 0 Å². The van der Waals surface area contributed by atoms with Gasteiger partial charge in [-0.3, -0.25) is 0 Å². The zero-order valence-electron chi connectivity index (χ0n) is 11.4. The van der Waals surface area contributed by atoms with Crippen molar-refractivity contribution in [2.24, 2.45) is 0 Å². The maximum absolute atomic E-state index is 12.5. The predicted molar refractivity (Wildman–Crippen MR) is 69.6 cm³/mol. The Kier molecular flexibility index (Phi) is 6.44. The van der Waals surface area contributed by atoms with Gasteiger partial charge in [0.2, 0.25) is 0 Å². The summed E-state index contributed by atoms with van der Waals surface area (Å²) in [6.07, 6.45) is -4.58. The van der Waals surface area contributed by atoms with Gasteiger partial charge in [0.1, 0.15) is 0 Å². The van der Waals surface area contributed by atoms with Crippen molar-refractivity contribution in [2.75, 3.05) is 38.8 Å². The van der Waals surface area contributed by atoms with Crippen LogP contribution in [0.1, 0.15) is 15.9 Å². The summed E-state index contributed by atoms with van der Waals surface area (Å²) in [5.74, 6) is -1.43. The quantitative estimate of drug-likeness (QED) is 0.722. The van der Waals surface area contributed by atoms with Crippen LogP contribution < -0.4 is 5.32 Å². The van der Waals surface area contributed by atoms with Crippen molar-refractivity contribution in [3.05, 3.63) is 29.3 Å². The lowest BCUT2D eigenvalue weighted by molar-refractivity contribution is -0.137. The molecule has 5 nitrogen and oxygen atoms in total. The molecular weight excluding hydrogens is 291 g/mol. The fourth-order valence-corrected chi connectivity index (χ4v) is 1.55. The molecule has 21 heavy (non-hydrogen) atoms. The van der Waals surface area contributed by atoms with Crippen LogP contribution in [0.15, 0.2) is 18.2 Å². The SMILES string of the molecule is COCCOCCNc1ccc(C(F)(F)F)cc1C(=O)O. The van der Waals surface area contributed by atoms with Crippen molar-refractivity contribution in [3.63, 3.8) is 0 Å². The molecule has 0 radical (unpaired) electrons. The standard InChI is InChI=1S/C13H16F3NO4/c1-20-6-7-21-5-4-17-11-3-2-9(13(14,15)16)8-10(11)12(18)19/h2-3,8,17H,4-7H2,1H3,(H,18,19). The zero-order chi connectivity index (χ0) is 15.9. The third kappa shape index (κ3) is 5.60. The van der Waals surface area contributed by atoms with E-state index in [9.17, 15) is 18.0 Å². The fourth-order valence-electron chi connectivity index (χ4n) is 1.55. The minimum Gasteiger partial charge on any atom is -0.478 e. The molecular formula is C13H16F3NO4. The van der Waals surface area contributed by atoms with Crippen LogP contribution in [0.25, 0.3) is 0 Å². The minimum absolute atomic E-state index is 0.117. The number of hydrogen-bond acceptors (Lipinski definition) is 4. The van der Waals surface area contributed by atoms with Crippen LogP contribution in [0.5, 0.6) is 0 Å². The highest BCUT2D eigenvalue weighted by molar-refractivity contribution is 5.94. The molecule has 8 heteroatoms. The lowest BCUT2D eigenvalue weighted by Crippen LogP contribution is -2.15. The summed E-state index contributed by atoms with van der Waals surface area (Å²) in [4.78, 5) is 11.0. The summed E-state index contributed by atoms with van der Waals surface area (Å²) in [6, 6.07) is 2.54. The molecule has 0 spiro atoms. The first kappa shape index (κ1) is 17.3. The van der Waals surface area contributed by atoms with Gasteiger partial charge in [0.25, 0.3) is 0 Å². The van der Waals surface area contributed by atoms with Crippen molar-refractivity contribution in [1.29, 1.82) is 0 Å². The van der Waals surface area contributed by atoms with Gasteiger partial charge in [-0.25, -0.2) is 4.79 Å². The zero-order valence-corrected chi connectivity index (χ0v) is 11.4. The van der Waals surface area contributed by atoms with E-state index < -0.39 is 23.3 Å². The Morgan fingerprint density at radius 1 is 1.29 bits per heavy atom. The second-order valence-electron chi connectivity index (χ2n) is 4.10. The van der Waals surface area contributed by atoms with E-state index in [1.54, 1.807) is 0 Å². The van der Waals surface area contributed by atoms with Crippen LogP contribution in [0.3, 0.4) is 0 Å². The van der Waals surface area contributed by atoms with E-state index in [0.717, 1.165) is 12.1 Å². The van der Waals surface area contributed by atoms with Crippen molar-refractivity contribution in [3.8, 4) is 0 Å². The molecule has 118 valence electrons. The highest BCUT2D eigenvalue weighted by Gasteiger charge is 2.31. The third-order valence-corrected chi connectivity index (χ3v) is 2.57. The van der Waals surface area contributed by atoms with Gasteiger partial charge in [-0.1, -0.05) is 0 Å². The molecule has 0 saturated heterocycles. The van der Waals surface area contributed by atoms with Crippen LogP contribution >= 0.6 is 0 Å². The normalized spacial score (nSPS) is 11.4. The van der Waals surface area contributed by atoms with E-state index in [1.165, 1.54) is 7.11 Å². The number of halogens is 3. The van der Waals surface area contributed by atoms with E-state index in [0.29, 0.717) is 19.3 Å². The number of nitrogens with one attached hydrogen (secondary N) is 1. The molecule has 0 heterocycles. The molecule has 0 aromatic heterocycles. The van der Waals surface area contributed by atoms with Crippen molar-refractivity contribution in [1.82, 2.24) is 0 Å². The molecule has 2 N–H and O–H groups in total. The number of benzene rings is 1. The van der Waals surface area contributed by atoms with Crippen LogP contribution in [0, 0.1) is 0 Å². The number of carboxylic acids is 1. The number of aromatic carboxylic acids is 1. The number of anilines is 1. The second-order valence-corrected chi connectivity index (χ2v) is 4.10. The number of rotatable bonds is 8. The summed E-state index contributed by atoms with van der Waals surface area (Å²) < 4.78 is 47.6. The monoisotopic (exact) mass is 307 g/mol. The number of methoxy groups -OCH3 is 1. The maximum atomic E-state index is 12.5. The molecule has 1 rings (SSSR count). The summed E-state index contributed by atoms with van der Waals surface area (Å²) in [6.45, 7) is 1.37. The van der Waals surface area contributed by atoms with Gasteiger partial charge in [-0.2, -0.15) is 13.2 Å². The molecule has 0 unspecified atom stereocenters. The van der Waals surface area contributed by atoms with Gasteiger partial charge in [-0.05, 0) is 18.2 Å². The Hall–Kier alpha value is -1.80. The van der Waals surface area contributed by atoms with Crippen LogP contribution in [-0.2, 0) is 15.7 Å². The summed E-state index contributed by atoms with van der Waals surface area (Å²) in [5, 5.41) is 11.7. The Morgan fingerprint density at radius 3 is 2.57 bits per heavy atom. The number of carbonyl (C=O) groups is 1. The smallest absolute Gasteiger partial charge is 0.416 e. The first-order valence-corrected chi connectivity index (χ1v) is 6.11. The van der Waals surface area contributed by atoms with Gasteiger partial charge >= 0.3 is 12.1 Å². The number of hydrogen-bond donors (Lipinski definition) is 2. The van der Waals surface area contributed by atoms with E-state index in [2.05, 4.69) is 5.32 Å². The summed E-state index contributed by atoms with van der Waals surface area (Å²) in [5.41, 5.74) is -1.31. The first-order valence-electron chi connectivity index (χ1n) is 6.11. The van der Waals surface area contributed by atoms with Gasteiger partial charge in [0, 0.05) is 19.3 Å². The average molecular weight is 307 g/mol. The molecule has 0 aliphatic rings. The van der Waals surface area contributed by atoms with Gasteiger partial charge in [0.15, 0.2) is 0 Å². The minimum atomic E-state index is -4.58. The molecule has 0 amide bonds. The molecule has 0 aliphatic carbocycles. The predicted octanol–water partition coefficient (Wildman–Crippen LogP) is 2.48. The number of ether oxygens (including phenoxy) is 2. The second kappa shape index (κ2) is 7.84. The molecule has 0 fully saturated rings. The number of alkyl halides is 3. The molecule has 0 bridgehead atoms. The van der Waals surface area contributed by atoms with Crippen molar-refractivity contribution >= 4 is 11.7 Å². The van der Waals surface area contributed by atoms with Gasteiger partial charge in [-0.15, -0.1) is 0 Å². The summed E-state index contributed by atoms with van der Waals surface area (Å²) in [7, 11) is 1.53. The van der Waals surface area contributed by atoms with E-state index in [-0.39, 0.29) is 18.8 Å². The van der Waals surface area contributed by atoms with Crippen LogP contribution in [0.2, 0.25) is 0 Å². The Balaban J connectivity index is 2.67. The van der Waals surface area contributed by atoms with Gasteiger partial charge < -0.3 is 19.9 Å². The van der Waals surface area contributed by atoms with Crippen LogP contribution in [0.4, 0.5) is 18.9 Å². The Bertz CT molecular complexity index is 477. The Labute approximate surface area is 119 Å². The molecule has 0 atom stereocenters. The van der Waals surface area contributed by atoms with Crippen LogP contribution in [-0.4, -0.2) is 44.6 Å². The molecule has 1 aromatic rings. The third-order valence-electron chi connectivity index (χ3n) is 2.57. The topological polar surface area (TPSA) is 67.8 Å².